The second kappa shape index (κ2) is 5.97. The van der Waals surface area contributed by atoms with Gasteiger partial charge in [-0.2, -0.15) is 0 Å². The lowest BCUT2D eigenvalue weighted by molar-refractivity contribution is -0.129. The molecule has 0 radical (unpaired) electrons. The Bertz CT molecular complexity index is 496. The smallest absolute Gasteiger partial charge is 0.225 e. The maximum absolute atomic E-state index is 12.3. The molecule has 0 saturated carbocycles. The van der Waals surface area contributed by atoms with E-state index in [4.69, 9.17) is 4.74 Å². The molecular formula is C15H19NO3. The van der Waals surface area contributed by atoms with Crippen LogP contribution in [-0.4, -0.2) is 42.9 Å². The van der Waals surface area contributed by atoms with Crippen molar-refractivity contribution in [1.82, 2.24) is 4.90 Å². The average molecular weight is 261 g/mol. The molecule has 102 valence electrons. The summed E-state index contributed by atoms with van der Waals surface area (Å²) < 4.78 is 5.25. The number of rotatable bonds is 3. The lowest BCUT2D eigenvalue weighted by Gasteiger charge is -2.19. The number of ketones is 1. The average Bonchev–Trinajstić information content (AvgIpc) is 2.55. The van der Waals surface area contributed by atoms with E-state index in [2.05, 4.69) is 0 Å². The topological polar surface area (TPSA) is 46.6 Å². The Morgan fingerprint density at radius 3 is 2.84 bits per heavy atom. The van der Waals surface area contributed by atoms with Gasteiger partial charge in [-0.15, -0.1) is 0 Å². The van der Waals surface area contributed by atoms with Crippen LogP contribution in [0.1, 0.15) is 27.9 Å². The van der Waals surface area contributed by atoms with E-state index >= 15 is 0 Å². The van der Waals surface area contributed by atoms with E-state index < -0.39 is 0 Å². The van der Waals surface area contributed by atoms with Crippen molar-refractivity contribution in [3.05, 3.63) is 34.9 Å². The fraction of sp³-hybridized carbons (Fsp3) is 0.467. The first kappa shape index (κ1) is 13.7. The molecule has 1 aromatic rings. The first-order valence-corrected chi connectivity index (χ1v) is 6.54. The quantitative estimate of drug-likeness (QED) is 0.779. The van der Waals surface area contributed by atoms with E-state index in [-0.39, 0.29) is 18.2 Å². The van der Waals surface area contributed by atoms with Crippen LogP contribution in [0.2, 0.25) is 0 Å². The third-order valence-electron chi connectivity index (χ3n) is 3.34. The monoisotopic (exact) mass is 261 g/mol. The Morgan fingerprint density at radius 1 is 1.32 bits per heavy atom. The minimum Gasteiger partial charge on any atom is -0.379 e. The molecule has 0 aliphatic carbocycles. The molecule has 1 aliphatic rings. The van der Waals surface area contributed by atoms with E-state index in [9.17, 15) is 9.59 Å². The molecule has 0 unspecified atom stereocenters. The molecule has 1 amide bonds. The summed E-state index contributed by atoms with van der Waals surface area (Å²) in [5.41, 5.74) is 2.79. The van der Waals surface area contributed by atoms with Gasteiger partial charge < -0.3 is 9.64 Å². The van der Waals surface area contributed by atoms with Gasteiger partial charge in [0.1, 0.15) is 0 Å². The molecule has 2 rings (SSSR count). The fourth-order valence-electron chi connectivity index (χ4n) is 2.27. The minimum atomic E-state index is -0.00671. The number of carbonyl (C=O) groups excluding carboxylic acids is 2. The van der Waals surface area contributed by atoms with Gasteiger partial charge in [-0.05, 0) is 19.4 Å². The Labute approximate surface area is 113 Å². The molecule has 0 aromatic heterocycles. The molecule has 0 bridgehead atoms. The van der Waals surface area contributed by atoms with Gasteiger partial charge in [-0.25, -0.2) is 0 Å². The summed E-state index contributed by atoms with van der Waals surface area (Å²) in [6.45, 7) is 5.52. The van der Waals surface area contributed by atoms with Gasteiger partial charge in [0, 0.05) is 12.1 Å². The number of ether oxygens (including phenoxy) is 1. The molecule has 0 N–H and O–H groups in total. The molecule has 4 nitrogen and oxygen atoms in total. The molecule has 1 fully saturated rings. The van der Waals surface area contributed by atoms with E-state index in [0.29, 0.717) is 31.7 Å². The number of aryl methyl sites for hydroxylation is 2. The fourth-order valence-corrected chi connectivity index (χ4v) is 2.27. The molecule has 1 saturated heterocycles. The molecule has 1 heterocycles. The van der Waals surface area contributed by atoms with Crippen LogP contribution >= 0.6 is 0 Å². The van der Waals surface area contributed by atoms with Crippen molar-refractivity contribution in [3.8, 4) is 0 Å². The minimum absolute atomic E-state index is 0.00406. The Hall–Kier alpha value is -1.68. The summed E-state index contributed by atoms with van der Waals surface area (Å²) in [4.78, 5) is 25.7. The van der Waals surface area contributed by atoms with E-state index in [0.717, 1.165) is 11.1 Å². The first-order chi connectivity index (χ1) is 9.08. The van der Waals surface area contributed by atoms with Crippen LogP contribution in [0, 0.1) is 13.8 Å². The van der Waals surface area contributed by atoms with Crippen molar-refractivity contribution in [2.24, 2.45) is 0 Å². The summed E-state index contributed by atoms with van der Waals surface area (Å²) in [6, 6.07) is 5.75. The van der Waals surface area contributed by atoms with Crippen molar-refractivity contribution in [2.45, 2.75) is 20.3 Å². The highest BCUT2D eigenvalue weighted by molar-refractivity contribution is 6.00. The largest absolute Gasteiger partial charge is 0.379 e. The van der Waals surface area contributed by atoms with Gasteiger partial charge in [-0.3, -0.25) is 9.59 Å². The summed E-state index contributed by atoms with van der Waals surface area (Å²) in [7, 11) is 0. The number of carbonyl (C=O) groups is 2. The summed E-state index contributed by atoms with van der Waals surface area (Å²) in [5, 5.41) is 0. The maximum Gasteiger partial charge on any atom is 0.225 e. The zero-order chi connectivity index (χ0) is 13.8. The standard InChI is InChI=1S/C15H19NO3/c1-11-3-4-13(12(2)9-11)14(17)10-16-6-8-19-7-5-15(16)18/h3-4,9H,5-8,10H2,1-2H3. The van der Waals surface area contributed by atoms with E-state index in [1.54, 1.807) is 4.90 Å². The maximum atomic E-state index is 12.3. The highest BCUT2D eigenvalue weighted by atomic mass is 16.5. The van der Waals surface area contributed by atoms with E-state index in [1.165, 1.54) is 0 Å². The Morgan fingerprint density at radius 2 is 2.11 bits per heavy atom. The van der Waals surface area contributed by atoms with Gasteiger partial charge in [0.2, 0.25) is 5.91 Å². The zero-order valence-electron chi connectivity index (χ0n) is 11.4. The molecular weight excluding hydrogens is 242 g/mol. The number of hydrogen-bond donors (Lipinski definition) is 0. The Kier molecular flexibility index (Phi) is 4.32. The van der Waals surface area contributed by atoms with Crippen molar-refractivity contribution in [3.63, 3.8) is 0 Å². The van der Waals surface area contributed by atoms with Gasteiger partial charge in [0.05, 0.1) is 26.2 Å². The molecule has 0 atom stereocenters. The molecule has 4 heteroatoms. The molecule has 19 heavy (non-hydrogen) atoms. The molecule has 1 aromatic carbocycles. The Balaban J connectivity index is 2.09. The molecule has 0 spiro atoms. The van der Waals surface area contributed by atoms with Gasteiger partial charge >= 0.3 is 0 Å². The third-order valence-corrected chi connectivity index (χ3v) is 3.34. The van der Waals surface area contributed by atoms with Gasteiger partial charge in [0.15, 0.2) is 5.78 Å². The predicted molar refractivity (Wildman–Crippen MR) is 72.3 cm³/mol. The summed E-state index contributed by atoms with van der Waals surface area (Å²) in [6.07, 6.45) is 0.361. The van der Waals surface area contributed by atoms with Crippen LogP contribution in [0.4, 0.5) is 0 Å². The normalized spacial score (nSPS) is 16.3. The van der Waals surface area contributed by atoms with Crippen LogP contribution in [0.5, 0.6) is 0 Å². The lowest BCUT2D eigenvalue weighted by atomic mass is 10.0. The highest BCUT2D eigenvalue weighted by Gasteiger charge is 2.20. The van der Waals surface area contributed by atoms with Crippen LogP contribution in [0.15, 0.2) is 18.2 Å². The number of nitrogens with zero attached hydrogens (tertiary/aromatic N) is 1. The highest BCUT2D eigenvalue weighted by Crippen LogP contribution is 2.12. The predicted octanol–water partition coefficient (Wildman–Crippen LogP) is 1.74. The lowest BCUT2D eigenvalue weighted by Crippen LogP contribution is -2.36. The number of amides is 1. The van der Waals surface area contributed by atoms with Crippen LogP contribution in [0.25, 0.3) is 0 Å². The molecule has 1 aliphatic heterocycles. The van der Waals surface area contributed by atoms with Gasteiger partial charge in [-0.1, -0.05) is 23.8 Å². The van der Waals surface area contributed by atoms with Crippen molar-refractivity contribution in [2.75, 3.05) is 26.3 Å². The second-order valence-electron chi connectivity index (χ2n) is 4.92. The van der Waals surface area contributed by atoms with Crippen LogP contribution in [-0.2, 0) is 9.53 Å². The van der Waals surface area contributed by atoms with Crippen molar-refractivity contribution >= 4 is 11.7 Å². The van der Waals surface area contributed by atoms with Gasteiger partial charge in [0.25, 0.3) is 0 Å². The summed E-state index contributed by atoms with van der Waals surface area (Å²) in [5.74, 6) is -0.0108. The second-order valence-corrected chi connectivity index (χ2v) is 4.92. The van der Waals surface area contributed by atoms with Crippen LogP contribution < -0.4 is 0 Å². The third kappa shape index (κ3) is 3.41. The SMILES string of the molecule is Cc1ccc(C(=O)CN2CCOCCC2=O)c(C)c1. The van der Waals surface area contributed by atoms with Crippen LogP contribution in [0.3, 0.4) is 0 Å². The zero-order valence-corrected chi connectivity index (χ0v) is 11.4. The number of hydrogen-bond acceptors (Lipinski definition) is 3. The first-order valence-electron chi connectivity index (χ1n) is 6.54. The van der Waals surface area contributed by atoms with E-state index in [1.807, 2.05) is 32.0 Å². The van der Waals surface area contributed by atoms with Crippen molar-refractivity contribution in [1.29, 1.82) is 0 Å². The summed E-state index contributed by atoms with van der Waals surface area (Å²) >= 11 is 0. The number of Topliss-reactive ketones (excluding diaryl/α,β-unsaturated/α-hetero) is 1. The number of benzene rings is 1. The van der Waals surface area contributed by atoms with Crippen molar-refractivity contribution < 1.29 is 14.3 Å².